The number of hydrogen-bond acceptors (Lipinski definition) is 5. The van der Waals surface area contributed by atoms with Gasteiger partial charge in [0.1, 0.15) is 5.82 Å². The molecule has 33 heavy (non-hydrogen) atoms. The second kappa shape index (κ2) is 9.87. The van der Waals surface area contributed by atoms with E-state index in [1.54, 1.807) is 0 Å². The topological polar surface area (TPSA) is 90.1 Å². The molecule has 1 aromatic carbocycles. The normalized spacial score (nSPS) is 14.7. The first-order valence-corrected chi connectivity index (χ1v) is 12.2. The maximum atomic E-state index is 6.08. The fraction of sp³-hybridized carbons (Fsp3) is 0.458. The van der Waals surface area contributed by atoms with Crippen LogP contribution >= 0.6 is 11.6 Å². The number of tetrazole rings is 1. The predicted molar refractivity (Wildman–Crippen MR) is 128 cm³/mol. The van der Waals surface area contributed by atoms with Crippen LogP contribution in [0.2, 0.25) is 5.28 Å². The number of unbranched alkanes of at least 4 members (excludes halogenated alkanes) is 1. The van der Waals surface area contributed by atoms with E-state index in [0.717, 1.165) is 42.0 Å². The molecule has 0 radical (unpaired) electrons. The van der Waals surface area contributed by atoms with Crippen LogP contribution in [0.25, 0.3) is 17.2 Å². The zero-order valence-corrected chi connectivity index (χ0v) is 19.7. The lowest BCUT2D eigenvalue weighted by molar-refractivity contribution is 0.444. The molecule has 1 aliphatic carbocycles. The minimum atomic E-state index is 0.311. The van der Waals surface area contributed by atoms with Gasteiger partial charge in [0.2, 0.25) is 5.28 Å². The standard InChI is InChI=1S/C24H29ClN8/c1-2-3-9-21-26-24(25)29-33(21)16-17-10-12-19(13-11-17)32-15-14-20(18-7-5-4-6-8-18)22(32)23-27-30-31-28-23/h10-15,18H,2-9,16H2,1H3,(H,27,28,30,31). The lowest BCUT2D eigenvalue weighted by Crippen LogP contribution is -2.08. The zero-order chi connectivity index (χ0) is 22.6. The van der Waals surface area contributed by atoms with Crippen molar-refractivity contribution in [1.29, 1.82) is 0 Å². The molecule has 0 bridgehead atoms. The summed E-state index contributed by atoms with van der Waals surface area (Å²) in [5.74, 6) is 2.20. The molecule has 0 atom stereocenters. The molecule has 3 aromatic heterocycles. The number of nitrogens with zero attached hydrogens (tertiary/aromatic N) is 7. The molecule has 172 valence electrons. The third-order valence-electron chi connectivity index (χ3n) is 6.56. The summed E-state index contributed by atoms with van der Waals surface area (Å²) in [6, 6.07) is 10.8. The molecule has 3 heterocycles. The minimum absolute atomic E-state index is 0.311. The number of benzene rings is 1. The van der Waals surface area contributed by atoms with E-state index in [1.807, 2.05) is 4.68 Å². The molecule has 1 aliphatic rings. The Morgan fingerprint density at radius 1 is 1.09 bits per heavy atom. The lowest BCUT2D eigenvalue weighted by atomic mass is 9.84. The van der Waals surface area contributed by atoms with E-state index >= 15 is 0 Å². The lowest BCUT2D eigenvalue weighted by Gasteiger charge is -2.22. The van der Waals surface area contributed by atoms with Crippen molar-refractivity contribution in [1.82, 2.24) is 40.0 Å². The second-order valence-corrected chi connectivity index (χ2v) is 9.14. The molecule has 1 N–H and O–H groups in total. The highest BCUT2D eigenvalue weighted by Crippen LogP contribution is 2.38. The molecular formula is C24H29ClN8. The molecule has 0 saturated heterocycles. The SMILES string of the molecule is CCCCc1nc(Cl)nn1Cc1ccc(-n2ccc(C3CCCCC3)c2-c2nnn[nH]2)cc1. The number of H-pyrrole nitrogens is 1. The van der Waals surface area contributed by atoms with E-state index in [0.29, 0.717) is 23.6 Å². The van der Waals surface area contributed by atoms with E-state index in [2.05, 4.69) is 78.7 Å². The molecule has 0 aliphatic heterocycles. The molecule has 0 unspecified atom stereocenters. The van der Waals surface area contributed by atoms with Crippen molar-refractivity contribution >= 4 is 11.6 Å². The molecule has 0 amide bonds. The van der Waals surface area contributed by atoms with Crippen LogP contribution in [-0.2, 0) is 13.0 Å². The number of halogens is 1. The molecule has 4 aromatic rings. The van der Waals surface area contributed by atoms with Gasteiger partial charge >= 0.3 is 0 Å². The summed E-state index contributed by atoms with van der Waals surface area (Å²) >= 11 is 6.08. The highest BCUT2D eigenvalue weighted by atomic mass is 35.5. The maximum Gasteiger partial charge on any atom is 0.242 e. The van der Waals surface area contributed by atoms with Crippen molar-refractivity contribution in [3.63, 3.8) is 0 Å². The number of aromatic nitrogens is 8. The Balaban J connectivity index is 1.42. The van der Waals surface area contributed by atoms with Gasteiger partial charge in [0.15, 0.2) is 5.82 Å². The number of rotatable bonds is 8. The molecule has 9 heteroatoms. The number of aryl methyl sites for hydroxylation is 1. The summed E-state index contributed by atoms with van der Waals surface area (Å²) in [5.41, 5.74) is 4.62. The van der Waals surface area contributed by atoms with Crippen LogP contribution in [-0.4, -0.2) is 40.0 Å². The summed E-state index contributed by atoms with van der Waals surface area (Å²) < 4.78 is 4.10. The minimum Gasteiger partial charge on any atom is -0.314 e. The largest absolute Gasteiger partial charge is 0.314 e. The summed E-state index contributed by atoms with van der Waals surface area (Å²) in [6.45, 7) is 2.82. The molecular weight excluding hydrogens is 436 g/mol. The van der Waals surface area contributed by atoms with Crippen molar-refractivity contribution in [2.75, 3.05) is 0 Å². The molecule has 1 fully saturated rings. The van der Waals surface area contributed by atoms with Crippen LogP contribution in [0, 0.1) is 0 Å². The Morgan fingerprint density at radius 3 is 2.64 bits per heavy atom. The van der Waals surface area contributed by atoms with Crippen LogP contribution in [0.1, 0.15) is 74.7 Å². The van der Waals surface area contributed by atoms with E-state index in [9.17, 15) is 0 Å². The van der Waals surface area contributed by atoms with Crippen LogP contribution in [0.4, 0.5) is 0 Å². The van der Waals surface area contributed by atoms with Gasteiger partial charge < -0.3 is 4.57 Å². The Labute approximate surface area is 198 Å². The van der Waals surface area contributed by atoms with Crippen LogP contribution in [0.5, 0.6) is 0 Å². The van der Waals surface area contributed by atoms with Gasteiger partial charge in [-0.1, -0.05) is 44.7 Å². The fourth-order valence-corrected chi connectivity index (χ4v) is 5.03. The van der Waals surface area contributed by atoms with Crippen LogP contribution in [0.3, 0.4) is 0 Å². The van der Waals surface area contributed by atoms with Gasteiger partial charge in [-0.15, -0.1) is 10.2 Å². The molecule has 0 spiro atoms. The third-order valence-corrected chi connectivity index (χ3v) is 6.72. The van der Waals surface area contributed by atoms with E-state index in [-0.39, 0.29) is 0 Å². The van der Waals surface area contributed by atoms with Crippen molar-refractivity contribution in [3.05, 3.63) is 58.8 Å². The van der Waals surface area contributed by atoms with Gasteiger partial charge in [-0.05, 0) is 76.5 Å². The van der Waals surface area contributed by atoms with Crippen molar-refractivity contribution in [3.8, 4) is 17.2 Å². The smallest absolute Gasteiger partial charge is 0.242 e. The van der Waals surface area contributed by atoms with Crippen LogP contribution in [0.15, 0.2) is 36.5 Å². The van der Waals surface area contributed by atoms with E-state index in [4.69, 9.17) is 11.6 Å². The van der Waals surface area contributed by atoms with Crippen molar-refractivity contribution in [2.24, 2.45) is 0 Å². The quantitative estimate of drug-likeness (QED) is 0.380. The number of aromatic amines is 1. The predicted octanol–water partition coefficient (Wildman–Crippen LogP) is 5.34. The highest BCUT2D eigenvalue weighted by Gasteiger charge is 2.24. The first kappa shape index (κ1) is 21.8. The van der Waals surface area contributed by atoms with Gasteiger partial charge in [-0.2, -0.15) is 0 Å². The Morgan fingerprint density at radius 2 is 1.91 bits per heavy atom. The summed E-state index contributed by atoms with van der Waals surface area (Å²) in [6.07, 6.45) is 11.5. The van der Waals surface area contributed by atoms with E-state index < -0.39 is 0 Å². The number of hydrogen-bond donors (Lipinski definition) is 1. The maximum absolute atomic E-state index is 6.08. The van der Waals surface area contributed by atoms with Gasteiger partial charge in [0.25, 0.3) is 0 Å². The fourth-order valence-electron chi connectivity index (χ4n) is 4.84. The van der Waals surface area contributed by atoms with Crippen molar-refractivity contribution in [2.45, 2.75) is 70.8 Å². The van der Waals surface area contributed by atoms with Gasteiger partial charge in [0, 0.05) is 18.3 Å². The third kappa shape index (κ3) is 4.71. The van der Waals surface area contributed by atoms with Crippen LogP contribution < -0.4 is 0 Å². The Kier molecular flexibility index (Phi) is 6.53. The summed E-state index contributed by atoms with van der Waals surface area (Å²) in [4.78, 5) is 4.39. The number of nitrogens with one attached hydrogen (secondary N) is 1. The van der Waals surface area contributed by atoms with E-state index in [1.165, 1.54) is 37.7 Å². The van der Waals surface area contributed by atoms with Gasteiger partial charge in [-0.25, -0.2) is 14.8 Å². The Hall–Kier alpha value is -3.00. The molecule has 1 saturated carbocycles. The zero-order valence-electron chi connectivity index (χ0n) is 18.9. The summed E-state index contributed by atoms with van der Waals surface area (Å²) in [7, 11) is 0. The first-order valence-electron chi connectivity index (χ1n) is 11.9. The van der Waals surface area contributed by atoms with Gasteiger partial charge in [-0.3, -0.25) is 0 Å². The average molecular weight is 465 g/mol. The highest BCUT2D eigenvalue weighted by molar-refractivity contribution is 6.28. The second-order valence-electron chi connectivity index (χ2n) is 8.80. The first-order chi connectivity index (χ1) is 16.2. The molecule has 5 rings (SSSR count). The summed E-state index contributed by atoms with van der Waals surface area (Å²) in [5, 5.41) is 19.6. The Bertz CT molecular complexity index is 1170. The molecule has 8 nitrogen and oxygen atoms in total. The average Bonchev–Trinajstić information content (AvgIpc) is 3.58. The van der Waals surface area contributed by atoms with Crippen molar-refractivity contribution < 1.29 is 0 Å². The monoisotopic (exact) mass is 464 g/mol. The van der Waals surface area contributed by atoms with Gasteiger partial charge in [0.05, 0.1) is 12.2 Å².